The molecular weight excluding hydrogens is 450 g/mol. The van der Waals surface area contributed by atoms with Gasteiger partial charge in [0.25, 0.3) is 11.8 Å². The summed E-state index contributed by atoms with van der Waals surface area (Å²) in [5.41, 5.74) is 6.92. The number of piperidine rings is 1. The van der Waals surface area contributed by atoms with E-state index >= 15 is 0 Å². The number of hydrogen-bond donors (Lipinski definition) is 3. The van der Waals surface area contributed by atoms with Crippen LogP contribution in [0, 0.1) is 5.41 Å². The summed E-state index contributed by atoms with van der Waals surface area (Å²) in [6, 6.07) is 5.17. The van der Waals surface area contributed by atoms with Gasteiger partial charge in [-0.25, -0.2) is 9.97 Å². The third-order valence-electron chi connectivity index (χ3n) is 6.69. The molecule has 4 rings (SSSR count). The van der Waals surface area contributed by atoms with E-state index in [-0.39, 0.29) is 24.0 Å². The number of rotatable bonds is 7. The minimum absolute atomic E-state index is 0.0546. The van der Waals surface area contributed by atoms with Crippen LogP contribution in [0.25, 0.3) is 0 Å². The quantitative estimate of drug-likeness (QED) is 0.503. The van der Waals surface area contributed by atoms with E-state index < -0.39 is 11.9 Å². The number of benzene rings is 1. The normalized spacial score (nSPS) is 21.7. The monoisotopic (exact) mass is 483 g/mol. The molecule has 0 aliphatic carbocycles. The molecule has 11 nitrogen and oxygen atoms in total. The molecule has 0 spiro atoms. The lowest BCUT2D eigenvalue weighted by atomic mass is 9.83. The van der Waals surface area contributed by atoms with Crippen LogP contribution in [-0.2, 0) is 4.74 Å². The fourth-order valence-corrected chi connectivity index (χ4v) is 4.26. The van der Waals surface area contributed by atoms with Crippen molar-refractivity contribution < 1.29 is 19.1 Å². The van der Waals surface area contributed by atoms with Crippen LogP contribution in [0.2, 0.25) is 0 Å². The standard InChI is InChI=1S/C24H33N7O4/c1-23(2)8-10-31(11-9-23)12-13-35-24(29-20(32)16-14-26-22(25)27-15-16)28-19-17(21(33)30(24)3)6-5-7-18(19)34-4/h5-7,14-15,28H,8-13H2,1-4H3,(H,29,32)(H2,25,26,27). The molecule has 1 atom stereocenters. The molecule has 2 aliphatic rings. The van der Waals surface area contributed by atoms with E-state index in [9.17, 15) is 9.59 Å². The summed E-state index contributed by atoms with van der Waals surface area (Å²) in [6.07, 6.45) is 4.85. The van der Waals surface area contributed by atoms with Gasteiger partial charge in [-0.2, -0.15) is 0 Å². The second-order valence-electron chi connectivity index (χ2n) is 9.65. The fourth-order valence-electron chi connectivity index (χ4n) is 4.26. The number of amides is 2. The van der Waals surface area contributed by atoms with Crippen molar-refractivity contribution in [3.8, 4) is 5.75 Å². The number of methoxy groups -OCH3 is 1. The van der Waals surface area contributed by atoms with Crippen molar-refractivity contribution in [2.24, 2.45) is 5.41 Å². The first-order valence-electron chi connectivity index (χ1n) is 11.6. The molecule has 1 fully saturated rings. The lowest BCUT2D eigenvalue weighted by molar-refractivity contribution is -0.131. The Hall–Kier alpha value is -3.44. The molecule has 11 heteroatoms. The first-order chi connectivity index (χ1) is 16.6. The number of nitrogens with two attached hydrogens (primary N) is 1. The molecule has 0 saturated carbocycles. The van der Waals surface area contributed by atoms with Gasteiger partial charge in [0.15, 0.2) is 0 Å². The van der Waals surface area contributed by atoms with E-state index in [1.54, 1.807) is 25.2 Å². The van der Waals surface area contributed by atoms with Crippen LogP contribution in [0.4, 0.5) is 11.6 Å². The third-order valence-corrected chi connectivity index (χ3v) is 6.69. The summed E-state index contributed by atoms with van der Waals surface area (Å²) in [4.78, 5) is 37.9. The van der Waals surface area contributed by atoms with Gasteiger partial charge in [0, 0.05) is 26.0 Å². The Kier molecular flexibility index (Phi) is 6.82. The smallest absolute Gasteiger partial charge is 0.309 e. The van der Waals surface area contributed by atoms with Gasteiger partial charge in [-0.3, -0.25) is 19.8 Å². The number of fused-ring (bicyclic) bond motifs is 1. The molecule has 188 valence electrons. The number of carbonyl (C=O) groups is 2. The van der Waals surface area contributed by atoms with E-state index in [0.29, 0.717) is 29.0 Å². The summed E-state index contributed by atoms with van der Waals surface area (Å²) in [5.74, 6) is -2.01. The molecular formula is C24H33N7O4. The number of hydrogen-bond acceptors (Lipinski definition) is 9. The number of nitrogens with one attached hydrogen (secondary N) is 2. The minimum atomic E-state index is -1.66. The summed E-state index contributed by atoms with van der Waals surface area (Å²) < 4.78 is 11.7. The lowest BCUT2D eigenvalue weighted by Gasteiger charge is -2.46. The number of likely N-dealkylation sites (tertiary alicyclic amines) is 1. The van der Waals surface area contributed by atoms with Crippen LogP contribution in [-0.4, -0.2) is 78.0 Å². The summed E-state index contributed by atoms with van der Waals surface area (Å²) in [5, 5.41) is 6.04. The van der Waals surface area contributed by atoms with Crippen LogP contribution in [0.1, 0.15) is 47.4 Å². The highest BCUT2D eigenvalue weighted by molar-refractivity contribution is 6.04. The maximum Gasteiger partial charge on any atom is 0.309 e. The Morgan fingerprint density at radius 2 is 1.91 bits per heavy atom. The predicted octanol–water partition coefficient (Wildman–Crippen LogP) is 1.74. The molecule has 2 amide bonds. The zero-order valence-corrected chi connectivity index (χ0v) is 20.6. The lowest BCUT2D eigenvalue weighted by Crippen LogP contribution is -2.69. The number of ether oxygens (including phenoxy) is 2. The average molecular weight is 484 g/mol. The highest BCUT2D eigenvalue weighted by Crippen LogP contribution is 2.37. The van der Waals surface area contributed by atoms with Crippen molar-refractivity contribution in [3.63, 3.8) is 0 Å². The van der Waals surface area contributed by atoms with Crippen molar-refractivity contribution in [1.82, 2.24) is 25.1 Å². The van der Waals surface area contributed by atoms with Crippen LogP contribution in [0.5, 0.6) is 5.75 Å². The SMILES string of the molecule is COc1cccc2c1NC(NC(=O)c1cnc(N)nc1)(OCCN1CCC(C)(C)CC1)N(C)C2=O. The number of aromatic nitrogens is 2. The molecule has 1 aromatic carbocycles. The van der Waals surface area contributed by atoms with Crippen LogP contribution in [0.15, 0.2) is 30.6 Å². The number of para-hydroxylation sites is 1. The first kappa shape index (κ1) is 24.7. The van der Waals surface area contributed by atoms with Gasteiger partial charge in [0.05, 0.1) is 30.5 Å². The molecule has 2 aromatic rings. The highest BCUT2D eigenvalue weighted by Gasteiger charge is 2.47. The van der Waals surface area contributed by atoms with Crippen molar-refractivity contribution in [1.29, 1.82) is 0 Å². The van der Waals surface area contributed by atoms with E-state index in [1.807, 2.05) is 0 Å². The average Bonchev–Trinajstić information content (AvgIpc) is 2.83. The molecule has 2 aliphatic heterocycles. The van der Waals surface area contributed by atoms with Crippen LogP contribution in [0.3, 0.4) is 0 Å². The Labute approximate surface area is 205 Å². The number of anilines is 2. The van der Waals surface area contributed by atoms with Gasteiger partial charge < -0.3 is 25.4 Å². The van der Waals surface area contributed by atoms with Crippen molar-refractivity contribution >= 4 is 23.5 Å². The zero-order chi connectivity index (χ0) is 25.2. The second-order valence-corrected chi connectivity index (χ2v) is 9.65. The maximum atomic E-state index is 13.3. The third kappa shape index (κ3) is 5.15. The Balaban J connectivity index is 1.59. The van der Waals surface area contributed by atoms with Gasteiger partial charge in [-0.05, 0) is 43.5 Å². The first-order valence-corrected chi connectivity index (χ1v) is 11.6. The molecule has 1 unspecified atom stereocenters. The molecule has 1 saturated heterocycles. The highest BCUT2D eigenvalue weighted by atomic mass is 16.6. The number of carbonyl (C=O) groups excluding carboxylic acids is 2. The van der Waals surface area contributed by atoms with Crippen molar-refractivity contribution in [3.05, 3.63) is 41.7 Å². The molecule has 35 heavy (non-hydrogen) atoms. The fraction of sp³-hybridized carbons (Fsp3) is 0.500. The predicted molar refractivity (Wildman–Crippen MR) is 131 cm³/mol. The van der Waals surface area contributed by atoms with Gasteiger partial charge in [-0.15, -0.1) is 0 Å². The zero-order valence-electron chi connectivity index (χ0n) is 20.6. The van der Waals surface area contributed by atoms with Crippen molar-refractivity contribution in [2.45, 2.75) is 32.7 Å². The maximum absolute atomic E-state index is 13.3. The molecule has 3 heterocycles. The Bertz CT molecular complexity index is 1080. The van der Waals surface area contributed by atoms with E-state index in [0.717, 1.165) is 25.9 Å². The van der Waals surface area contributed by atoms with E-state index in [4.69, 9.17) is 15.2 Å². The summed E-state index contributed by atoms with van der Waals surface area (Å²) in [7, 11) is 3.09. The summed E-state index contributed by atoms with van der Waals surface area (Å²) in [6.45, 7) is 7.43. The van der Waals surface area contributed by atoms with Gasteiger partial charge in [-0.1, -0.05) is 19.9 Å². The summed E-state index contributed by atoms with van der Waals surface area (Å²) >= 11 is 0. The van der Waals surface area contributed by atoms with Gasteiger partial charge >= 0.3 is 5.97 Å². The molecule has 0 bridgehead atoms. The number of nitrogen functional groups attached to an aromatic ring is 1. The van der Waals surface area contributed by atoms with Gasteiger partial charge in [0.2, 0.25) is 5.95 Å². The minimum Gasteiger partial charge on any atom is -0.495 e. The molecule has 4 N–H and O–H groups in total. The van der Waals surface area contributed by atoms with Crippen molar-refractivity contribution in [2.75, 3.05) is 51.4 Å². The van der Waals surface area contributed by atoms with Gasteiger partial charge in [0.1, 0.15) is 5.75 Å². The Morgan fingerprint density at radius 1 is 1.23 bits per heavy atom. The Morgan fingerprint density at radius 3 is 2.57 bits per heavy atom. The second kappa shape index (κ2) is 9.67. The molecule has 1 aromatic heterocycles. The van der Waals surface area contributed by atoms with E-state index in [2.05, 4.69) is 39.3 Å². The van der Waals surface area contributed by atoms with Crippen LogP contribution < -0.4 is 21.1 Å². The number of nitrogens with zero attached hydrogens (tertiary/aromatic N) is 4. The largest absolute Gasteiger partial charge is 0.495 e. The van der Waals surface area contributed by atoms with Crippen LogP contribution >= 0.6 is 0 Å². The van der Waals surface area contributed by atoms with E-state index in [1.165, 1.54) is 24.4 Å². The molecule has 0 radical (unpaired) electrons. The topological polar surface area (TPSA) is 135 Å².